The monoisotopic (exact) mass is 236 g/mol. The highest BCUT2D eigenvalue weighted by atomic mass is 16.2. The Hall–Kier alpha value is -1.36. The molecular formula is C12H20N4O. The molecule has 0 saturated carbocycles. The fraction of sp³-hybridized carbons (Fsp3) is 0.667. The second kappa shape index (κ2) is 5.31. The lowest BCUT2D eigenvalue weighted by molar-refractivity contribution is -0.129. The van der Waals surface area contributed by atoms with E-state index in [1.807, 2.05) is 29.6 Å². The number of aromatic nitrogens is 2. The van der Waals surface area contributed by atoms with E-state index in [0.29, 0.717) is 6.54 Å². The third kappa shape index (κ3) is 2.85. The van der Waals surface area contributed by atoms with Crippen LogP contribution in [0.25, 0.3) is 0 Å². The number of carbonyl (C=O) groups excluding carboxylic acids is 1. The molecular weight excluding hydrogens is 216 g/mol. The summed E-state index contributed by atoms with van der Waals surface area (Å²) in [6.45, 7) is 4.29. The summed E-state index contributed by atoms with van der Waals surface area (Å²) in [5, 5.41) is 7.37. The summed E-state index contributed by atoms with van der Waals surface area (Å²) in [6, 6.07) is 2.12. The maximum atomic E-state index is 11.8. The number of carbonyl (C=O) groups is 1. The lowest BCUT2D eigenvalue weighted by Crippen LogP contribution is -2.37. The van der Waals surface area contributed by atoms with Gasteiger partial charge in [-0.25, -0.2) is 0 Å². The van der Waals surface area contributed by atoms with Gasteiger partial charge in [0.05, 0.1) is 12.2 Å². The summed E-state index contributed by atoms with van der Waals surface area (Å²) >= 11 is 0. The Morgan fingerprint density at radius 1 is 1.53 bits per heavy atom. The molecule has 1 aromatic heterocycles. The summed E-state index contributed by atoms with van der Waals surface area (Å²) in [4.78, 5) is 13.8. The first-order valence-electron chi connectivity index (χ1n) is 6.17. The van der Waals surface area contributed by atoms with Crippen LogP contribution in [0.1, 0.15) is 31.5 Å². The highest BCUT2D eigenvalue weighted by Crippen LogP contribution is 2.11. The van der Waals surface area contributed by atoms with Crippen molar-refractivity contribution in [1.82, 2.24) is 20.0 Å². The number of aryl methyl sites for hydroxylation is 1. The quantitative estimate of drug-likeness (QED) is 0.837. The van der Waals surface area contributed by atoms with Gasteiger partial charge in [-0.2, -0.15) is 5.10 Å². The third-order valence-electron chi connectivity index (χ3n) is 3.32. The Morgan fingerprint density at radius 3 is 2.82 bits per heavy atom. The van der Waals surface area contributed by atoms with Crippen LogP contribution in [0.5, 0.6) is 0 Å². The van der Waals surface area contributed by atoms with Crippen molar-refractivity contribution in [3.8, 4) is 0 Å². The predicted octanol–water partition coefficient (Wildman–Crippen LogP) is 0.693. The van der Waals surface area contributed by atoms with Gasteiger partial charge in [-0.1, -0.05) is 0 Å². The molecule has 5 nitrogen and oxygen atoms in total. The van der Waals surface area contributed by atoms with Gasteiger partial charge in [0.25, 0.3) is 0 Å². The molecule has 1 unspecified atom stereocenters. The van der Waals surface area contributed by atoms with Crippen LogP contribution in [-0.2, 0) is 11.8 Å². The van der Waals surface area contributed by atoms with Crippen LogP contribution < -0.4 is 5.32 Å². The average molecular weight is 236 g/mol. The lowest BCUT2D eigenvalue weighted by atomic mass is 10.2. The SMILES string of the molecule is CC(NCC(=O)N1CCCC1)c1ccnn1C. The minimum atomic E-state index is 0.147. The van der Waals surface area contributed by atoms with Gasteiger partial charge < -0.3 is 10.2 Å². The molecule has 1 amide bonds. The first-order valence-corrected chi connectivity index (χ1v) is 6.17. The summed E-state index contributed by atoms with van der Waals surface area (Å²) in [5.74, 6) is 0.205. The molecule has 0 spiro atoms. The van der Waals surface area contributed by atoms with Crippen LogP contribution >= 0.6 is 0 Å². The van der Waals surface area contributed by atoms with E-state index in [0.717, 1.165) is 31.6 Å². The van der Waals surface area contributed by atoms with Crippen molar-refractivity contribution in [3.05, 3.63) is 18.0 Å². The normalized spacial score (nSPS) is 17.4. The van der Waals surface area contributed by atoms with Gasteiger partial charge in [0.15, 0.2) is 0 Å². The zero-order chi connectivity index (χ0) is 12.3. The number of hydrogen-bond donors (Lipinski definition) is 1. The molecule has 0 radical (unpaired) electrons. The molecule has 1 saturated heterocycles. The van der Waals surface area contributed by atoms with E-state index in [9.17, 15) is 4.79 Å². The van der Waals surface area contributed by atoms with E-state index in [1.165, 1.54) is 0 Å². The predicted molar refractivity (Wildman–Crippen MR) is 65.4 cm³/mol. The number of nitrogens with zero attached hydrogens (tertiary/aromatic N) is 3. The van der Waals surface area contributed by atoms with Crippen molar-refractivity contribution in [2.45, 2.75) is 25.8 Å². The molecule has 2 heterocycles. The maximum Gasteiger partial charge on any atom is 0.236 e. The van der Waals surface area contributed by atoms with Crippen LogP contribution in [0.3, 0.4) is 0 Å². The Morgan fingerprint density at radius 2 is 2.24 bits per heavy atom. The van der Waals surface area contributed by atoms with Gasteiger partial charge in [-0.05, 0) is 25.8 Å². The van der Waals surface area contributed by atoms with E-state index in [-0.39, 0.29) is 11.9 Å². The standard InChI is InChI=1S/C12H20N4O/c1-10(11-5-6-14-15(11)2)13-9-12(17)16-7-3-4-8-16/h5-6,10,13H,3-4,7-9H2,1-2H3. The Bertz CT molecular complexity index is 382. The molecule has 2 rings (SSSR count). The molecule has 5 heteroatoms. The van der Waals surface area contributed by atoms with Crippen molar-refractivity contribution < 1.29 is 4.79 Å². The van der Waals surface area contributed by atoms with Gasteiger partial charge in [0.2, 0.25) is 5.91 Å². The second-order valence-corrected chi connectivity index (χ2v) is 4.57. The van der Waals surface area contributed by atoms with Crippen LogP contribution in [0.15, 0.2) is 12.3 Å². The molecule has 0 bridgehead atoms. The van der Waals surface area contributed by atoms with Gasteiger partial charge in [-0.15, -0.1) is 0 Å². The van der Waals surface area contributed by atoms with Crippen LogP contribution in [0, 0.1) is 0 Å². The van der Waals surface area contributed by atoms with Crippen molar-refractivity contribution in [2.24, 2.45) is 7.05 Å². The van der Waals surface area contributed by atoms with E-state index >= 15 is 0 Å². The Balaban J connectivity index is 1.81. The lowest BCUT2D eigenvalue weighted by Gasteiger charge is -2.18. The minimum Gasteiger partial charge on any atom is -0.342 e. The zero-order valence-corrected chi connectivity index (χ0v) is 10.5. The van der Waals surface area contributed by atoms with Crippen molar-refractivity contribution in [3.63, 3.8) is 0 Å². The van der Waals surface area contributed by atoms with E-state index in [4.69, 9.17) is 0 Å². The summed E-state index contributed by atoms with van der Waals surface area (Å²) in [7, 11) is 1.91. The van der Waals surface area contributed by atoms with Crippen molar-refractivity contribution >= 4 is 5.91 Å². The van der Waals surface area contributed by atoms with Gasteiger partial charge >= 0.3 is 0 Å². The molecule has 1 aromatic rings. The summed E-state index contributed by atoms with van der Waals surface area (Å²) in [6.07, 6.45) is 4.06. The van der Waals surface area contributed by atoms with Gasteiger partial charge in [0.1, 0.15) is 0 Å². The van der Waals surface area contributed by atoms with Crippen molar-refractivity contribution in [2.75, 3.05) is 19.6 Å². The van der Waals surface area contributed by atoms with Crippen LogP contribution in [-0.4, -0.2) is 40.2 Å². The first-order chi connectivity index (χ1) is 8.18. The number of likely N-dealkylation sites (tertiary alicyclic amines) is 1. The van der Waals surface area contributed by atoms with E-state index in [1.54, 1.807) is 6.20 Å². The molecule has 1 aliphatic heterocycles. The molecule has 0 aliphatic carbocycles. The molecule has 17 heavy (non-hydrogen) atoms. The largest absolute Gasteiger partial charge is 0.342 e. The minimum absolute atomic E-state index is 0.147. The molecule has 1 fully saturated rings. The third-order valence-corrected chi connectivity index (χ3v) is 3.32. The van der Waals surface area contributed by atoms with Crippen LogP contribution in [0.4, 0.5) is 0 Å². The number of nitrogens with one attached hydrogen (secondary N) is 1. The molecule has 1 atom stereocenters. The van der Waals surface area contributed by atoms with Gasteiger partial charge in [0, 0.05) is 32.4 Å². The molecule has 0 aromatic carbocycles. The smallest absolute Gasteiger partial charge is 0.236 e. The summed E-state index contributed by atoms with van der Waals surface area (Å²) < 4.78 is 1.83. The number of rotatable bonds is 4. The summed E-state index contributed by atoms with van der Waals surface area (Å²) in [5.41, 5.74) is 1.10. The van der Waals surface area contributed by atoms with Gasteiger partial charge in [-0.3, -0.25) is 9.48 Å². The molecule has 94 valence electrons. The Labute approximate surface area is 102 Å². The maximum absolute atomic E-state index is 11.8. The topological polar surface area (TPSA) is 50.2 Å². The highest BCUT2D eigenvalue weighted by Gasteiger charge is 2.18. The second-order valence-electron chi connectivity index (χ2n) is 4.57. The highest BCUT2D eigenvalue weighted by molar-refractivity contribution is 5.78. The first kappa shape index (κ1) is 12.1. The molecule has 1 aliphatic rings. The van der Waals surface area contributed by atoms with Crippen molar-refractivity contribution in [1.29, 1.82) is 0 Å². The van der Waals surface area contributed by atoms with E-state index < -0.39 is 0 Å². The van der Waals surface area contributed by atoms with E-state index in [2.05, 4.69) is 10.4 Å². The van der Waals surface area contributed by atoms with Crippen LogP contribution in [0.2, 0.25) is 0 Å². The fourth-order valence-electron chi connectivity index (χ4n) is 2.23. The average Bonchev–Trinajstić information content (AvgIpc) is 2.95. The fourth-order valence-corrected chi connectivity index (χ4v) is 2.23. The zero-order valence-electron chi connectivity index (χ0n) is 10.5. The molecule has 1 N–H and O–H groups in total. The number of amides is 1. The Kier molecular flexibility index (Phi) is 3.78. The number of hydrogen-bond acceptors (Lipinski definition) is 3.